The van der Waals surface area contributed by atoms with E-state index in [1.807, 2.05) is 0 Å². The molecule has 3 atom stereocenters. The number of hydrogen-bond acceptors (Lipinski definition) is 3. The van der Waals surface area contributed by atoms with Crippen molar-refractivity contribution in [2.45, 2.75) is 58.0 Å². The Bertz CT molecular complexity index is 242. The van der Waals surface area contributed by atoms with E-state index < -0.39 is 0 Å². The van der Waals surface area contributed by atoms with Crippen molar-refractivity contribution in [3.8, 4) is 0 Å². The van der Waals surface area contributed by atoms with Crippen molar-refractivity contribution in [2.75, 3.05) is 33.7 Å². The molecule has 0 aliphatic heterocycles. The summed E-state index contributed by atoms with van der Waals surface area (Å²) in [4.78, 5) is 4.96. The summed E-state index contributed by atoms with van der Waals surface area (Å²) in [6, 6.07) is 0.578. The molecule has 1 rings (SSSR count). The maximum atomic E-state index is 6.22. The molecular formula is C15H33N3. The number of nitrogens with two attached hydrogens (primary N) is 1. The zero-order valence-corrected chi connectivity index (χ0v) is 13.1. The second-order valence-electron chi connectivity index (χ2n) is 6.35. The third kappa shape index (κ3) is 3.25. The molecule has 3 nitrogen and oxygen atoms in total. The number of rotatable bonds is 6. The predicted octanol–water partition coefficient (Wildman–Crippen LogP) is 2.17. The van der Waals surface area contributed by atoms with Crippen LogP contribution in [0, 0.1) is 5.92 Å². The molecule has 0 saturated heterocycles. The summed E-state index contributed by atoms with van der Waals surface area (Å²) >= 11 is 0. The second-order valence-corrected chi connectivity index (χ2v) is 6.35. The molecule has 3 unspecified atom stereocenters. The first-order valence-corrected chi connectivity index (χ1v) is 7.59. The maximum Gasteiger partial charge on any atom is 0.0360 e. The molecule has 108 valence electrons. The number of hydrogen-bond donors (Lipinski definition) is 1. The molecule has 1 aliphatic carbocycles. The normalized spacial score (nSPS) is 31.0. The molecule has 0 spiro atoms. The van der Waals surface area contributed by atoms with E-state index in [1.165, 1.54) is 25.7 Å². The summed E-state index contributed by atoms with van der Waals surface area (Å²) < 4.78 is 0. The molecule has 0 radical (unpaired) electrons. The Balaban J connectivity index is 2.87. The van der Waals surface area contributed by atoms with Crippen LogP contribution in [0.15, 0.2) is 0 Å². The molecule has 0 aromatic carbocycles. The lowest BCUT2D eigenvalue weighted by Crippen LogP contribution is -2.63. The van der Waals surface area contributed by atoms with Gasteiger partial charge in [0.25, 0.3) is 0 Å². The first-order chi connectivity index (χ1) is 8.47. The van der Waals surface area contributed by atoms with Crippen LogP contribution in [0.25, 0.3) is 0 Å². The molecule has 3 heteroatoms. The van der Waals surface area contributed by atoms with Gasteiger partial charge in [0.15, 0.2) is 0 Å². The first kappa shape index (κ1) is 15.9. The highest BCUT2D eigenvalue weighted by atomic mass is 15.3. The lowest BCUT2D eigenvalue weighted by atomic mass is 9.72. The minimum absolute atomic E-state index is 0.239. The van der Waals surface area contributed by atoms with Gasteiger partial charge in [0.1, 0.15) is 0 Å². The van der Waals surface area contributed by atoms with Gasteiger partial charge in [-0.25, -0.2) is 0 Å². The van der Waals surface area contributed by atoms with Crippen LogP contribution < -0.4 is 5.73 Å². The van der Waals surface area contributed by atoms with Gasteiger partial charge in [0, 0.05) is 24.7 Å². The van der Waals surface area contributed by atoms with E-state index in [2.05, 4.69) is 44.7 Å². The summed E-state index contributed by atoms with van der Waals surface area (Å²) in [5.41, 5.74) is 6.46. The summed E-state index contributed by atoms with van der Waals surface area (Å²) in [5, 5.41) is 0. The predicted molar refractivity (Wildman–Crippen MR) is 79.8 cm³/mol. The van der Waals surface area contributed by atoms with E-state index in [9.17, 15) is 0 Å². The molecule has 0 heterocycles. The van der Waals surface area contributed by atoms with Gasteiger partial charge in [-0.2, -0.15) is 0 Å². The molecule has 0 aromatic rings. The third-order valence-corrected chi connectivity index (χ3v) is 4.84. The minimum atomic E-state index is 0.239. The van der Waals surface area contributed by atoms with Crippen LogP contribution in [-0.2, 0) is 0 Å². The smallest absolute Gasteiger partial charge is 0.0360 e. The topological polar surface area (TPSA) is 32.5 Å². The van der Waals surface area contributed by atoms with E-state index in [1.54, 1.807) is 0 Å². The molecule has 1 fully saturated rings. The average molecular weight is 255 g/mol. The first-order valence-electron chi connectivity index (χ1n) is 7.59. The van der Waals surface area contributed by atoms with Crippen molar-refractivity contribution in [3.05, 3.63) is 0 Å². The molecule has 1 aliphatic rings. The van der Waals surface area contributed by atoms with Crippen LogP contribution in [0.4, 0.5) is 0 Å². The highest BCUT2D eigenvalue weighted by Crippen LogP contribution is 2.38. The molecule has 0 aromatic heterocycles. The van der Waals surface area contributed by atoms with Gasteiger partial charge in [-0.3, -0.25) is 4.90 Å². The zero-order chi connectivity index (χ0) is 13.8. The monoisotopic (exact) mass is 255 g/mol. The van der Waals surface area contributed by atoms with E-state index in [4.69, 9.17) is 5.73 Å². The van der Waals surface area contributed by atoms with Crippen LogP contribution >= 0.6 is 0 Å². The molecule has 2 N–H and O–H groups in total. The highest BCUT2D eigenvalue weighted by molar-refractivity contribution is 4.99. The molecule has 0 bridgehead atoms. The van der Waals surface area contributed by atoms with Gasteiger partial charge in [0.05, 0.1) is 0 Å². The third-order valence-electron chi connectivity index (χ3n) is 4.84. The van der Waals surface area contributed by atoms with Gasteiger partial charge >= 0.3 is 0 Å². The molecule has 18 heavy (non-hydrogen) atoms. The SMILES string of the molecule is CCN(C(C)CN(C)C)C1(CN)CCCCC1C. The van der Waals surface area contributed by atoms with Gasteiger partial charge in [-0.1, -0.05) is 26.7 Å². The van der Waals surface area contributed by atoms with Crippen LogP contribution in [0.2, 0.25) is 0 Å². The van der Waals surface area contributed by atoms with Gasteiger partial charge in [-0.15, -0.1) is 0 Å². The minimum Gasteiger partial charge on any atom is -0.329 e. The van der Waals surface area contributed by atoms with Gasteiger partial charge in [-0.05, 0) is 46.3 Å². The van der Waals surface area contributed by atoms with E-state index >= 15 is 0 Å². The summed E-state index contributed by atoms with van der Waals surface area (Å²) in [7, 11) is 4.31. The fraction of sp³-hybridized carbons (Fsp3) is 1.00. The van der Waals surface area contributed by atoms with Crippen molar-refractivity contribution in [3.63, 3.8) is 0 Å². The fourth-order valence-electron chi connectivity index (χ4n) is 3.94. The molecule has 1 saturated carbocycles. The Labute approximate surface area is 114 Å². The Morgan fingerprint density at radius 2 is 2.00 bits per heavy atom. The van der Waals surface area contributed by atoms with Gasteiger partial charge in [0.2, 0.25) is 0 Å². The van der Waals surface area contributed by atoms with E-state index in [-0.39, 0.29) is 5.54 Å². The van der Waals surface area contributed by atoms with Crippen LogP contribution in [-0.4, -0.2) is 55.1 Å². The summed E-state index contributed by atoms with van der Waals surface area (Å²) in [6.07, 6.45) is 5.33. The second kappa shape index (κ2) is 6.88. The molecular weight excluding hydrogens is 222 g/mol. The lowest BCUT2D eigenvalue weighted by molar-refractivity contribution is -0.0159. The number of nitrogens with zero attached hydrogens (tertiary/aromatic N) is 2. The largest absolute Gasteiger partial charge is 0.329 e. The Hall–Kier alpha value is -0.120. The van der Waals surface area contributed by atoms with Crippen molar-refractivity contribution in [1.82, 2.24) is 9.80 Å². The quantitative estimate of drug-likeness (QED) is 0.789. The van der Waals surface area contributed by atoms with E-state index in [0.717, 1.165) is 25.6 Å². The van der Waals surface area contributed by atoms with E-state index in [0.29, 0.717) is 6.04 Å². The Kier molecular flexibility index (Phi) is 6.09. The van der Waals surface area contributed by atoms with Crippen molar-refractivity contribution in [2.24, 2.45) is 11.7 Å². The standard InChI is InChI=1S/C15H33N3/c1-6-18(14(3)11-17(4)5)15(12-16)10-8-7-9-13(15)2/h13-14H,6-12,16H2,1-5H3. The Morgan fingerprint density at radius 3 is 2.44 bits per heavy atom. The van der Waals surface area contributed by atoms with Crippen LogP contribution in [0.1, 0.15) is 46.5 Å². The maximum absolute atomic E-state index is 6.22. The Morgan fingerprint density at radius 1 is 1.33 bits per heavy atom. The average Bonchev–Trinajstić information content (AvgIpc) is 2.31. The van der Waals surface area contributed by atoms with Crippen molar-refractivity contribution < 1.29 is 0 Å². The van der Waals surface area contributed by atoms with Crippen molar-refractivity contribution >= 4 is 0 Å². The zero-order valence-electron chi connectivity index (χ0n) is 13.1. The fourth-order valence-corrected chi connectivity index (χ4v) is 3.94. The van der Waals surface area contributed by atoms with Crippen LogP contribution in [0.5, 0.6) is 0 Å². The highest BCUT2D eigenvalue weighted by Gasteiger charge is 2.43. The summed E-state index contributed by atoms with van der Waals surface area (Å²) in [5.74, 6) is 0.723. The van der Waals surface area contributed by atoms with Gasteiger partial charge < -0.3 is 10.6 Å². The lowest BCUT2D eigenvalue weighted by Gasteiger charge is -2.52. The van der Waals surface area contributed by atoms with Crippen molar-refractivity contribution in [1.29, 1.82) is 0 Å². The number of likely N-dealkylation sites (N-methyl/N-ethyl adjacent to an activating group) is 2. The van der Waals surface area contributed by atoms with Crippen LogP contribution in [0.3, 0.4) is 0 Å². The summed E-state index contributed by atoms with van der Waals surface area (Å²) in [6.45, 7) is 10.1. The molecule has 0 amide bonds.